The maximum Gasteiger partial charge on any atom is 0.226 e. The van der Waals surface area contributed by atoms with E-state index in [0.717, 1.165) is 42.9 Å². The molecule has 5 nitrogen and oxygen atoms in total. The van der Waals surface area contributed by atoms with E-state index in [2.05, 4.69) is 10.3 Å². The number of carbonyl (C=O) groups is 1. The number of pyridine rings is 1. The van der Waals surface area contributed by atoms with E-state index >= 15 is 0 Å². The zero-order valence-electron chi connectivity index (χ0n) is 18.0. The van der Waals surface area contributed by atoms with Crippen LogP contribution in [0.5, 0.6) is 5.75 Å². The third-order valence-electron chi connectivity index (χ3n) is 5.76. The monoisotopic (exact) mass is 449 g/mol. The number of hydrogen-bond acceptors (Lipinski definition) is 4. The molecule has 0 bridgehead atoms. The lowest BCUT2D eigenvalue weighted by Crippen LogP contribution is -2.45. The fraction of sp³-hybridized carbons (Fsp3) is 0.308. The number of piperidine rings is 1. The molecule has 1 amide bonds. The summed E-state index contributed by atoms with van der Waals surface area (Å²) in [4.78, 5) is 20.3. The van der Waals surface area contributed by atoms with E-state index in [4.69, 9.17) is 16.3 Å². The Bertz CT molecular complexity index is 994. The number of aromatic nitrogens is 1. The Labute approximate surface area is 194 Å². The van der Waals surface area contributed by atoms with Gasteiger partial charge in [-0.15, -0.1) is 0 Å². The van der Waals surface area contributed by atoms with Gasteiger partial charge in [0.2, 0.25) is 5.91 Å². The van der Waals surface area contributed by atoms with E-state index in [0.29, 0.717) is 18.2 Å². The molecule has 32 heavy (non-hydrogen) atoms. The molecule has 1 fully saturated rings. The molecule has 3 aromatic rings. The van der Waals surface area contributed by atoms with Crippen LogP contribution in [0.2, 0.25) is 5.02 Å². The minimum absolute atomic E-state index is 0.0154. The van der Waals surface area contributed by atoms with Gasteiger partial charge in [-0.25, -0.2) is 0 Å². The molecule has 2 aromatic carbocycles. The second kappa shape index (κ2) is 11.1. The number of carbonyl (C=O) groups excluding carboxylic acids is 1. The van der Waals surface area contributed by atoms with E-state index in [-0.39, 0.29) is 17.9 Å². The Morgan fingerprint density at radius 1 is 1.06 bits per heavy atom. The van der Waals surface area contributed by atoms with Crippen molar-refractivity contribution in [2.24, 2.45) is 5.92 Å². The molecule has 1 unspecified atom stereocenters. The normalized spacial score (nSPS) is 15.2. The van der Waals surface area contributed by atoms with Crippen LogP contribution < -0.4 is 10.1 Å². The fourth-order valence-electron chi connectivity index (χ4n) is 4.17. The van der Waals surface area contributed by atoms with Crippen molar-refractivity contribution in [3.63, 3.8) is 0 Å². The summed E-state index contributed by atoms with van der Waals surface area (Å²) >= 11 is 6.34. The van der Waals surface area contributed by atoms with Gasteiger partial charge in [-0.1, -0.05) is 48.0 Å². The van der Waals surface area contributed by atoms with Gasteiger partial charge in [0.1, 0.15) is 12.4 Å². The molecule has 0 spiro atoms. The van der Waals surface area contributed by atoms with Crippen LogP contribution in [0.25, 0.3) is 0 Å². The average Bonchev–Trinajstić information content (AvgIpc) is 2.85. The Morgan fingerprint density at radius 3 is 2.56 bits per heavy atom. The molecule has 4 rings (SSSR count). The summed E-state index contributed by atoms with van der Waals surface area (Å²) in [6.45, 7) is 2.56. The van der Waals surface area contributed by atoms with E-state index in [1.165, 1.54) is 0 Å². The molecule has 166 valence electrons. The highest BCUT2D eigenvalue weighted by Crippen LogP contribution is 2.31. The molecular weight excluding hydrogens is 422 g/mol. The van der Waals surface area contributed by atoms with Crippen LogP contribution in [-0.2, 0) is 4.79 Å². The molecule has 2 heterocycles. The molecular formula is C26H28ClN3O2. The van der Waals surface area contributed by atoms with Crippen molar-refractivity contribution in [1.29, 1.82) is 0 Å². The molecule has 1 aromatic heterocycles. The minimum Gasteiger partial charge on any atom is -0.492 e. The molecule has 0 saturated carbocycles. The highest BCUT2D eigenvalue weighted by molar-refractivity contribution is 6.30. The summed E-state index contributed by atoms with van der Waals surface area (Å²) in [6.07, 6.45) is 3.43. The second-order valence-corrected chi connectivity index (χ2v) is 8.37. The van der Waals surface area contributed by atoms with Crippen molar-refractivity contribution in [2.45, 2.75) is 18.9 Å². The first-order valence-electron chi connectivity index (χ1n) is 11.1. The van der Waals surface area contributed by atoms with Crippen LogP contribution in [0, 0.1) is 5.92 Å². The lowest BCUT2D eigenvalue weighted by molar-refractivity contribution is -0.138. The molecule has 1 aliphatic rings. The number of ether oxygens (including phenoxy) is 1. The summed E-state index contributed by atoms with van der Waals surface area (Å²) in [5.74, 6) is 0.913. The van der Waals surface area contributed by atoms with E-state index in [1.807, 2.05) is 77.7 Å². The summed E-state index contributed by atoms with van der Waals surface area (Å²) < 4.78 is 5.97. The maximum absolute atomic E-state index is 13.8. The van der Waals surface area contributed by atoms with Gasteiger partial charge in [-0.05, 0) is 67.9 Å². The van der Waals surface area contributed by atoms with Crippen LogP contribution in [-0.4, -0.2) is 42.0 Å². The average molecular weight is 450 g/mol. The summed E-state index contributed by atoms with van der Waals surface area (Å²) in [5, 5.41) is 3.99. The van der Waals surface area contributed by atoms with Gasteiger partial charge in [-0.2, -0.15) is 0 Å². The largest absolute Gasteiger partial charge is 0.492 e. The Kier molecular flexibility index (Phi) is 7.75. The van der Waals surface area contributed by atoms with Gasteiger partial charge in [0.05, 0.1) is 18.3 Å². The summed E-state index contributed by atoms with van der Waals surface area (Å²) in [5.41, 5.74) is 1.76. The molecule has 1 saturated heterocycles. The number of hydrogen-bond donors (Lipinski definition) is 1. The highest BCUT2D eigenvalue weighted by Gasteiger charge is 2.33. The zero-order valence-corrected chi connectivity index (χ0v) is 18.7. The van der Waals surface area contributed by atoms with Gasteiger partial charge in [-0.3, -0.25) is 9.78 Å². The number of para-hydroxylation sites is 1. The molecule has 6 heteroatoms. The van der Waals surface area contributed by atoms with Gasteiger partial charge in [0, 0.05) is 17.1 Å². The third kappa shape index (κ3) is 5.67. The third-order valence-corrected chi connectivity index (χ3v) is 5.99. The molecule has 0 radical (unpaired) electrons. The number of nitrogens with one attached hydrogen (secondary N) is 1. The maximum atomic E-state index is 13.8. The lowest BCUT2D eigenvalue weighted by Gasteiger charge is -2.35. The topological polar surface area (TPSA) is 54.5 Å². The quantitative estimate of drug-likeness (QED) is 0.540. The van der Waals surface area contributed by atoms with Gasteiger partial charge >= 0.3 is 0 Å². The number of rotatable bonds is 8. The lowest BCUT2D eigenvalue weighted by atomic mass is 9.93. The molecule has 1 N–H and O–H groups in total. The van der Waals surface area contributed by atoms with Crippen molar-refractivity contribution in [1.82, 2.24) is 15.2 Å². The van der Waals surface area contributed by atoms with Crippen molar-refractivity contribution in [3.8, 4) is 5.75 Å². The van der Waals surface area contributed by atoms with Crippen molar-refractivity contribution in [2.75, 3.05) is 26.2 Å². The molecule has 0 aliphatic carbocycles. The van der Waals surface area contributed by atoms with Gasteiger partial charge < -0.3 is 15.0 Å². The van der Waals surface area contributed by atoms with E-state index < -0.39 is 0 Å². The van der Waals surface area contributed by atoms with Crippen LogP contribution in [0.3, 0.4) is 0 Å². The van der Waals surface area contributed by atoms with E-state index in [9.17, 15) is 4.79 Å². The van der Waals surface area contributed by atoms with Gasteiger partial charge in [0.15, 0.2) is 0 Å². The zero-order chi connectivity index (χ0) is 22.2. The predicted molar refractivity (Wildman–Crippen MR) is 127 cm³/mol. The number of amides is 1. The SMILES string of the molecule is O=C(C1CCNCC1)N(CCOc1ccccc1)C(c1cccc(Cl)c1)c1ccccn1. The van der Waals surface area contributed by atoms with Gasteiger partial charge in [0.25, 0.3) is 0 Å². The summed E-state index contributed by atoms with van der Waals surface area (Å²) in [6, 6.07) is 22.8. The van der Waals surface area contributed by atoms with Crippen LogP contribution in [0.1, 0.15) is 30.1 Å². The van der Waals surface area contributed by atoms with Crippen LogP contribution >= 0.6 is 11.6 Å². The molecule has 1 atom stereocenters. The predicted octanol–water partition coefficient (Wildman–Crippen LogP) is 4.73. The first-order valence-corrected chi connectivity index (χ1v) is 11.5. The second-order valence-electron chi connectivity index (χ2n) is 7.93. The van der Waals surface area contributed by atoms with Crippen molar-refractivity contribution >= 4 is 17.5 Å². The fourth-order valence-corrected chi connectivity index (χ4v) is 4.37. The van der Waals surface area contributed by atoms with Crippen LogP contribution in [0.15, 0.2) is 79.0 Å². The number of benzene rings is 2. The Balaban J connectivity index is 1.65. The highest BCUT2D eigenvalue weighted by atomic mass is 35.5. The molecule has 1 aliphatic heterocycles. The summed E-state index contributed by atoms with van der Waals surface area (Å²) in [7, 11) is 0. The Hall–Kier alpha value is -2.89. The number of halogens is 1. The van der Waals surface area contributed by atoms with Crippen LogP contribution in [0.4, 0.5) is 0 Å². The minimum atomic E-state index is -0.336. The standard InChI is InChI=1S/C26H28ClN3O2/c27-22-8-6-7-21(19-22)25(24-11-4-5-14-29-24)30(26(31)20-12-15-28-16-13-20)17-18-32-23-9-2-1-3-10-23/h1-11,14,19-20,25,28H,12-13,15-18H2. The van der Waals surface area contributed by atoms with Crippen molar-refractivity contribution in [3.05, 3.63) is 95.3 Å². The Morgan fingerprint density at radius 2 is 1.84 bits per heavy atom. The van der Waals surface area contributed by atoms with E-state index in [1.54, 1.807) is 6.20 Å². The number of nitrogens with zero attached hydrogens (tertiary/aromatic N) is 2. The smallest absolute Gasteiger partial charge is 0.226 e. The first-order chi connectivity index (χ1) is 15.7. The van der Waals surface area contributed by atoms with Crippen molar-refractivity contribution < 1.29 is 9.53 Å². The first kappa shape index (κ1) is 22.3.